The SMILES string of the molecule is CCC1=C(/C=C(/C=C2\Sc3ccc(C)cc3N2CCCCS(=O)(=O)O)CC)SC2C=CC(C)=CC12. The van der Waals surface area contributed by atoms with Crippen LogP contribution in [-0.4, -0.2) is 30.5 Å². The lowest BCUT2D eigenvalue weighted by atomic mass is 9.88. The second-order valence-corrected chi connectivity index (χ2v) is 13.2. The van der Waals surface area contributed by atoms with Crippen molar-refractivity contribution in [3.63, 3.8) is 0 Å². The first kappa shape index (κ1) is 26.4. The summed E-state index contributed by atoms with van der Waals surface area (Å²) < 4.78 is 31.4. The van der Waals surface area contributed by atoms with E-state index in [0.29, 0.717) is 24.0 Å². The number of thioether (sulfide) groups is 2. The van der Waals surface area contributed by atoms with Crippen LogP contribution in [0, 0.1) is 12.8 Å². The summed E-state index contributed by atoms with van der Waals surface area (Å²) in [4.78, 5) is 4.95. The van der Waals surface area contributed by atoms with Crippen molar-refractivity contribution >= 4 is 39.3 Å². The minimum absolute atomic E-state index is 0.191. The van der Waals surface area contributed by atoms with Crippen molar-refractivity contribution in [1.82, 2.24) is 0 Å². The van der Waals surface area contributed by atoms with Gasteiger partial charge in [0.15, 0.2) is 0 Å². The van der Waals surface area contributed by atoms with E-state index in [-0.39, 0.29) is 5.75 Å². The molecule has 0 aromatic heterocycles. The Morgan fingerprint density at radius 2 is 2.00 bits per heavy atom. The minimum atomic E-state index is -3.92. The molecule has 0 saturated carbocycles. The smallest absolute Gasteiger partial charge is 0.264 e. The van der Waals surface area contributed by atoms with E-state index in [1.54, 1.807) is 11.8 Å². The number of hydrogen-bond acceptors (Lipinski definition) is 5. The topological polar surface area (TPSA) is 57.6 Å². The van der Waals surface area contributed by atoms with Crippen LogP contribution in [0.25, 0.3) is 0 Å². The number of rotatable bonds is 9. The zero-order chi connectivity index (χ0) is 25.2. The predicted octanol–water partition coefficient (Wildman–Crippen LogP) is 7.66. The first-order valence-corrected chi connectivity index (χ1v) is 15.7. The quantitative estimate of drug-likeness (QED) is 0.262. The Kier molecular flexibility index (Phi) is 8.41. The lowest BCUT2D eigenvalue weighted by molar-refractivity contribution is 0.480. The van der Waals surface area contributed by atoms with Crippen molar-refractivity contribution in [1.29, 1.82) is 0 Å². The molecule has 35 heavy (non-hydrogen) atoms. The number of aryl methyl sites for hydroxylation is 1. The zero-order valence-corrected chi connectivity index (χ0v) is 23.4. The van der Waals surface area contributed by atoms with Crippen LogP contribution >= 0.6 is 23.5 Å². The van der Waals surface area contributed by atoms with Gasteiger partial charge in [-0.3, -0.25) is 4.55 Å². The van der Waals surface area contributed by atoms with Gasteiger partial charge in [-0.15, -0.1) is 11.8 Å². The molecule has 7 heteroatoms. The number of benzene rings is 1. The average molecular weight is 530 g/mol. The molecule has 3 aliphatic rings. The van der Waals surface area contributed by atoms with Gasteiger partial charge in [-0.2, -0.15) is 8.42 Å². The molecule has 0 bridgehead atoms. The molecule has 1 aliphatic carbocycles. The van der Waals surface area contributed by atoms with E-state index >= 15 is 0 Å². The van der Waals surface area contributed by atoms with E-state index < -0.39 is 10.1 Å². The maximum absolute atomic E-state index is 11.2. The largest absolute Gasteiger partial charge is 0.335 e. The van der Waals surface area contributed by atoms with Crippen LogP contribution in [0.15, 0.2) is 80.1 Å². The summed E-state index contributed by atoms with van der Waals surface area (Å²) in [6, 6.07) is 6.52. The van der Waals surface area contributed by atoms with Gasteiger partial charge in [0.1, 0.15) is 0 Å². The van der Waals surface area contributed by atoms with Gasteiger partial charge in [-0.05, 0) is 80.5 Å². The van der Waals surface area contributed by atoms with E-state index in [2.05, 4.69) is 81.2 Å². The van der Waals surface area contributed by atoms with Crippen molar-refractivity contribution < 1.29 is 13.0 Å². The molecule has 1 aromatic rings. The second kappa shape index (κ2) is 11.2. The Hall–Kier alpha value is -1.67. The van der Waals surface area contributed by atoms with E-state index in [1.165, 1.54) is 42.8 Å². The summed E-state index contributed by atoms with van der Waals surface area (Å²) in [6.07, 6.45) is 14.8. The van der Waals surface area contributed by atoms with Crippen LogP contribution in [0.5, 0.6) is 0 Å². The van der Waals surface area contributed by atoms with Crippen LogP contribution in [-0.2, 0) is 10.1 Å². The fraction of sp³-hybridized carbons (Fsp3) is 0.429. The molecular weight excluding hydrogens is 495 g/mol. The Balaban J connectivity index is 1.61. The van der Waals surface area contributed by atoms with Gasteiger partial charge in [0.05, 0.1) is 16.5 Å². The standard InChI is InChI=1S/C28H35NO3S3/c1-5-21(17-27-22(6-2)23-15-19(3)9-11-25(23)33-27)18-28-29(13-7-8-14-35(30,31)32)24-16-20(4)10-12-26(24)34-28/h9-12,15-18,23,25H,5-8,13-14H2,1-4H3,(H,30,31,32)/b21-17+,28-18-. The highest BCUT2D eigenvalue weighted by molar-refractivity contribution is 8.04. The third-order valence-corrected chi connectivity index (χ3v) is 9.93. The summed E-state index contributed by atoms with van der Waals surface area (Å²) in [6.45, 7) is 9.47. The van der Waals surface area contributed by atoms with Crippen LogP contribution in [0.2, 0.25) is 0 Å². The number of nitrogens with zero attached hydrogens (tertiary/aromatic N) is 1. The second-order valence-electron chi connectivity index (χ2n) is 9.39. The Morgan fingerprint density at radius 3 is 2.71 bits per heavy atom. The van der Waals surface area contributed by atoms with E-state index in [1.807, 2.05) is 11.8 Å². The summed E-state index contributed by atoms with van der Waals surface area (Å²) in [5.74, 6) is 0.309. The fourth-order valence-corrected chi connectivity index (χ4v) is 8.02. The molecule has 2 atom stereocenters. The molecular formula is C28H35NO3S3. The number of fused-ring (bicyclic) bond motifs is 2. The number of hydrogen-bond donors (Lipinski definition) is 1. The Labute approximate surface area is 219 Å². The molecule has 0 spiro atoms. The number of anilines is 1. The van der Waals surface area contributed by atoms with Gasteiger partial charge < -0.3 is 4.90 Å². The maximum atomic E-state index is 11.2. The Morgan fingerprint density at radius 1 is 1.20 bits per heavy atom. The van der Waals surface area contributed by atoms with Gasteiger partial charge in [-0.25, -0.2) is 0 Å². The number of allylic oxidation sites excluding steroid dienone is 7. The summed E-state index contributed by atoms with van der Waals surface area (Å²) in [7, 11) is -3.92. The lowest BCUT2D eigenvalue weighted by Crippen LogP contribution is -2.20. The molecule has 2 aliphatic heterocycles. The van der Waals surface area contributed by atoms with E-state index in [9.17, 15) is 8.42 Å². The van der Waals surface area contributed by atoms with Crippen LogP contribution in [0.3, 0.4) is 0 Å². The van der Waals surface area contributed by atoms with Gasteiger partial charge in [0.25, 0.3) is 10.1 Å². The fourth-order valence-electron chi connectivity index (χ4n) is 4.81. The Bertz CT molecular complexity index is 1240. The third kappa shape index (κ3) is 6.37. The van der Waals surface area contributed by atoms with Crippen molar-refractivity contribution in [3.8, 4) is 0 Å². The molecule has 2 unspecified atom stereocenters. The molecule has 188 valence electrons. The molecule has 1 aromatic carbocycles. The molecule has 4 nitrogen and oxygen atoms in total. The first-order chi connectivity index (χ1) is 16.7. The molecule has 2 heterocycles. The van der Waals surface area contributed by atoms with Crippen molar-refractivity contribution in [2.45, 2.75) is 63.5 Å². The van der Waals surface area contributed by atoms with Crippen LogP contribution < -0.4 is 4.90 Å². The minimum Gasteiger partial charge on any atom is -0.335 e. The first-order valence-electron chi connectivity index (χ1n) is 12.4. The molecule has 4 rings (SSSR count). The van der Waals surface area contributed by atoms with Crippen molar-refractivity contribution in [2.24, 2.45) is 5.92 Å². The normalized spacial score (nSPS) is 23.2. The highest BCUT2D eigenvalue weighted by Crippen LogP contribution is 2.49. The summed E-state index contributed by atoms with van der Waals surface area (Å²) >= 11 is 3.76. The van der Waals surface area contributed by atoms with Crippen molar-refractivity contribution in [3.05, 3.63) is 80.8 Å². The van der Waals surface area contributed by atoms with E-state index in [4.69, 9.17) is 4.55 Å². The van der Waals surface area contributed by atoms with Crippen LogP contribution in [0.1, 0.15) is 52.0 Å². The highest BCUT2D eigenvalue weighted by atomic mass is 32.2. The van der Waals surface area contributed by atoms with Crippen LogP contribution in [0.4, 0.5) is 5.69 Å². The summed E-state index contributed by atoms with van der Waals surface area (Å²) in [5, 5.41) is 1.68. The van der Waals surface area contributed by atoms with Gasteiger partial charge in [0.2, 0.25) is 0 Å². The third-order valence-electron chi connectivity index (χ3n) is 6.66. The molecule has 0 radical (unpaired) electrons. The van der Waals surface area contributed by atoms with Gasteiger partial charge in [0, 0.05) is 27.5 Å². The van der Waals surface area contributed by atoms with Gasteiger partial charge in [-0.1, -0.05) is 55.5 Å². The van der Waals surface area contributed by atoms with E-state index in [0.717, 1.165) is 19.4 Å². The van der Waals surface area contributed by atoms with Gasteiger partial charge >= 0.3 is 0 Å². The molecule has 0 fully saturated rings. The lowest BCUT2D eigenvalue weighted by Gasteiger charge is -2.21. The molecule has 0 saturated heterocycles. The highest BCUT2D eigenvalue weighted by Gasteiger charge is 2.32. The zero-order valence-electron chi connectivity index (χ0n) is 21.0. The number of unbranched alkanes of at least 4 members (excludes halogenated alkanes) is 1. The molecule has 1 N–H and O–H groups in total. The predicted molar refractivity (Wildman–Crippen MR) is 152 cm³/mol. The summed E-state index contributed by atoms with van der Waals surface area (Å²) in [5.41, 5.74) is 6.58. The van der Waals surface area contributed by atoms with Crippen molar-refractivity contribution in [2.75, 3.05) is 17.2 Å². The average Bonchev–Trinajstić information content (AvgIpc) is 3.31. The monoisotopic (exact) mass is 529 g/mol. The molecule has 0 amide bonds. The maximum Gasteiger partial charge on any atom is 0.264 e.